The van der Waals surface area contributed by atoms with Gasteiger partial charge < -0.3 is 0 Å². The van der Waals surface area contributed by atoms with Gasteiger partial charge in [0.15, 0.2) is 9.84 Å². The molecule has 0 saturated carbocycles. The molecule has 0 aromatic heterocycles. The van der Waals surface area contributed by atoms with Gasteiger partial charge in [0.25, 0.3) is 10.0 Å². The van der Waals surface area contributed by atoms with Gasteiger partial charge in [-0.15, -0.1) is 0 Å². The van der Waals surface area contributed by atoms with Crippen molar-refractivity contribution < 1.29 is 16.8 Å². The van der Waals surface area contributed by atoms with Gasteiger partial charge in [0, 0.05) is 17.0 Å². The Labute approximate surface area is 134 Å². The third-order valence-corrected chi connectivity index (χ3v) is 5.87. The van der Waals surface area contributed by atoms with Gasteiger partial charge in [0.1, 0.15) is 0 Å². The van der Waals surface area contributed by atoms with Crippen LogP contribution in [0.2, 0.25) is 5.02 Å². The molecule has 8 heteroatoms. The monoisotopic (exact) mass is 359 g/mol. The van der Waals surface area contributed by atoms with Gasteiger partial charge in [-0.1, -0.05) is 11.6 Å². The fourth-order valence-electron chi connectivity index (χ4n) is 1.89. The van der Waals surface area contributed by atoms with Crippen LogP contribution in [0.4, 0.5) is 5.69 Å². The van der Waals surface area contributed by atoms with Crippen LogP contribution in [0.3, 0.4) is 0 Å². The first-order valence-electron chi connectivity index (χ1n) is 6.19. The third kappa shape index (κ3) is 3.79. The molecule has 0 atom stereocenters. The standard InChI is InChI=1S/C14H14ClNO4S2/c1-10-9-11(15)3-8-14(10)22(19,20)16-12-4-6-13(7-5-12)21(2,17)18/h3-9,16H,1-2H3. The molecule has 0 spiro atoms. The van der Waals surface area contributed by atoms with Crippen molar-refractivity contribution in [2.24, 2.45) is 0 Å². The summed E-state index contributed by atoms with van der Waals surface area (Å²) >= 11 is 5.82. The van der Waals surface area contributed by atoms with Gasteiger partial charge in [-0.05, 0) is 55.0 Å². The second-order valence-corrected chi connectivity index (χ2v) is 8.91. The lowest BCUT2D eigenvalue weighted by Crippen LogP contribution is -2.14. The number of benzene rings is 2. The van der Waals surface area contributed by atoms with Gasteiger partial charge in [-0.25, -0.2) is 16.8 Å². The van der Waals surface area contributed by atoms with E-state index in [-0.39, 0.29) is 15.5 Å². The summed E-state index contributed by atoms with van der Waals surface area (Å²) in [6, 6.07) is 9.98. The van der Waals surface area contributed by atoms with E-state index < -0.39 is 19.9 Å². The lowest BCUT2D eigenvalue weighted by molar-refractivity contribution is 0.600. The van der Waals surface area contributed by atoms with Crippen LogP contribution in [0.5, 0.6) is 0 Å². The summed E-state index contributed by atoms with van der Waals surface area (Å²) < 4.78 is 49.8. The Morgan fingerprint density at radius 3 is 2.05 bits per heavy atom. The number of hydrogen-bond acceptors (Lipinski definition) is 4. The second-order valence-electron chi connectivity index (χ2n) is 4.81. The SMILES string of the molecule is Cc1cc(Cl)ccc1S(=O)(=O)Nc1ccc(S(C)(=O)=O)cc1. The number of hydrogen-bond donors (Lipinski definition) is 1. The minimum Gasteiger partial charge on any atom is -0.280 e. The molecule has 0 aliphatic carbocycles. The van der Waals surface area contributed by atoms with Crippen LogP contribution in [-0.4, -0.2) is 23.1 Å². The van der Waals surface area contributed by atoms with Gasteiger partial charge in [-0.3, -0.25) is 4.72 Å². The van der Waals surface area contributed by atoms with E-state index in [4.69, 9.17) is 11.6 Å². The summed E-state index contributed by atoms with van der Waals surface area (Å²) in [4.78, 5) is 0.238. The Bertz CT molecular complexity index is 904. The average Bonchev–Trinajstić information content (AvgIpc) is 2.37. The van der Waals surface area contributed by atoms with Crippen molar-refractivity contribution in [3.63, 3.8) is 0 Å². The van der Waals surface area contributed by atoms with E-state index in [0.29, 0.717) is 10.6 Å². The van der Waals surface area contributed by atoms with E-state index in [2.05, 4.69) is 4.72 Å². The highest BCUT2D eigenvalue weighted by Crippen LogP contribution is 2.23. The molecule has 5 nitrogen and oxygen atoms in total. The van der Waals surface area contributed by atoms with E-state index in [1.807, 2.05) is 0 Å². The lowest BCUT2D eigenvalue weighted by atomic mass is 10.2. The molecular formula is C14H14ClNO4S2. The van der Waals surface area contributed by atoms with Crippen LogP contribution in [0.1, 0.15) is 5.56 Å². The highest BCUT2D eigenvalue weighted by molar-refractivity contribution is 7.92. The number of aryl methyl sites for hydroxylation is 1. The van der Waals surface area contributed by atoms with Crippen molar-refractivity contribution >= 4 is 37.1 Å². The summed E-state index contributed by atoms with van der Waals surface area (Å²) in [5, 5.41) is 0.453. The number of nitrogens with one attached hydrogen (secondary N) is 1. The van der Waals surface area contributed by atoms with Gasteiger partial charge in [-0.2, -0.15) is 0 Å². The van der Waals surface area contributed by atoms with Gasteiger partial charge >= 0.3 is 0 Å². The largest absolute Gasteiger partial charge is 0.280 e. The van der Waals surface area contributed by atoms with E-state index in [1.165, 1.54) is 36.4 Å². The number of sulfone groups is 1. The summed E-state index contributed by atoms with van der Waals surface area (Å²) in [5.74, 6) is 0. The number of rotatable bonds is 4. The first kappa shape index (κ1) is 16.8. The lowest BCUT2D eigenvalue weighted by Gasteiger charge is -2.11. The predicted molar refractivity (Wildman–Crippen MR) is 86.5 cm³/mol. The highest BCUT2D eigenvalue weighted by atomic mass is 35.5. The zero-order valence-corrected chi connectivity index (χ0v) is 14.3. The molecule has 0 bridgehead atoms. The summed E-state index contributed by atoms with van der Waals surface area (Å²) in [7, 11) is -7.09. The maximum absolute atomic E-state index is 12.3. The molecule has 0 radical (unpaired) electrons. The Morgan fingerprint density at radius 1 is 0.955 bits per heavy atom. The van der Waals surface area contributed by atoms with Crippen LogP contribution >= 0.6 is 11.6 Å². The maximum Gasteiger partial charge on any atom is 0.262 e. The van der Waals surface area contributed by atoms with Crippen molar-refractivity contribution in [3.05, 3.63) is 53.1 Å². The normalized spacial score (nSPS) is 12.1. The number of sulfonamides is 1. The molecule has 0 heterocycles. The Morgan fingerprint density at radius 2 is 1.55 bits per heavy atom. The minimum atomic E-state index is -3.77. The van der Waals surface area contributed by atoms with Crippen LogP contribution < -0.4 is 4.72 Å². The quantitative estimate of drug-likeness (QED) is 0.910. The van der Waals surface area contributed by atoms with Crippen molar-refractivity contribution in [2.45, 2.75) is 16.7 Å². The fourth-order valence-corrected chi connectivity index (χ4v) is 4.04. The first-order valence-corrected chi connectivity index (χ1v) is 9.94. The van der Waals surface area contributed by atoms with Crippen molar-refractivity contribution in [2.75, 3.05) is 11.0 Å². The Hall–Kier alpha value is -1.57. The van der Waals surface area contributed by atoms with Gasteiger partial charge in [0.05, 0.1) is 9.79 Å². The van der Waals surface area contributed by atoms with Crippen molar-refractivity contribution in [1.82, 2.24) is 0 Å². The van der Waals surface area contributed by atoms with Crippen LogP contribution in [0.15, 0.2) is 52.3 Å². The van der Waals surface area contributed by atoms with Gasteiger partial charge in [0.2, 0.25) is 0 Å². The predicted octanol–water partition coefficient (Wildman–Crippen LogP) is 2.85. The highest BCUT2D eigenvalue weighted by Gasteiger charge is 2.17. The Balaban J connectivity index is 2.33. The van der Waals surface area contributed by atoms with E-state index in [1.54, 1.807) is 13.0 Å². The van der Waals surface area contributed by atoms with E-state index in [0.717, 1.165) is 6.26 Å². The smallest absolute Gasteiger partial charge is 0.262 e. The molecule has 0 aliphatic heterocycles. The topological polar surface area (TPSA) is 80.3 Å². The van der Waals surface area contributed by atoms with E-state index >= 15 is 0 Å². The zero-order valence-electron chi connectivity index (χ0n) is 11.9. The Kier molecular flexibility index (Phi) is 4.51. The molecule has 0 saturated heterocycles. The van der Waals surface area contributed by atoms with Crippen molar-refractivity contribution in [3.8, 4) is 0 Å². The molecule has 0 unspecified atom stereocenters. The molecule has 0 fully saturated rings. The summed E-state index contributed by atoms with van der Waals surface area (Å²) in [6.07, 6.45) is 1.09. The molecule has 2 rings (SSSR count). The molecular weight excluding hydrogens is 346 g/mol. The molecule has 2 aromatic carbocycles. The average molecular weight is 360 g/mol. The molecule has 2 aromatic rings. The number of halogens is 1. The molecule has 1 N–H and O–H groups in total. The van der Waals surface area contributed by atoms with E-state index in [9.17, 15) is 16.8 Å². The molecule has 118 valence electrons. The number of anilines is 1. The maximum atomic E-state index is 12.3. The van der Waals surface area contributed by atoms with Crippen LogP contribution in [0, 0.1) is 6.92 Å². The second kappa shape index (κ2) is 5.91. The molecule has 0 aliphatic rings. The third-order valence-electron chi connectivity index (χ3n) is 2.96. The van der Waals surface area contributed by atoms with Crippen LogP contribution in [0.25, 0.3) is 0 Å². The minimum absolute atomic E-state index is 0.115. The van der Waals surface area contributed by atoms with Crippen LogP contribution in [-0.2, 0) is 19.9 Å². The molecule has 0 amide bonds. The van der Waals surface area contributed by atoms with Crippen molar-refractivity contribution in [1.29, 1.82) is 0 Å². The summed E-state index contributed by atoms with van der Waals surface area (Å²) in [6.45, 7) is 1.65. The fraction of sp³-hybridized carbons (Fsp3) is 0.143. The first-order chi connectivity index (χ1) is 10.1. The zero-order chi connectivity index (χ0) is 16.5. The molecule has 22 heavy (non-hydrogen) atoms. The summed E-state index contributed by atoms with van der Waals surface area (Å²) in [5.41, 5.74) is 0.800.